The predicted molar refractivity (Wildman–Crippen MR) is 515 cm³/mol. The van der Waals surface area contributed by atoms with Gasteiger partial charge in [-0.2, -0.15) is 0 Å². The van der Waals surface area contributed by atoms with E-state index < -0.39 is 125 Å². The predicted octanol–water partition coefficient (Wildman–Crippen LogP) is 28.9. The molecule has 2 aliphatic rings. The van der Waals surface area contributed by atoms with Crippen molar-refractivity contribution in [3.8, 4) is 61.6 Å². The Balaban J connectivity index is 1.07. The zero-order valence-electron chi connectivity index (χ0n) is 87.5. The van der Waals surface area contributed by atoms with Crippen LogP contribution in [0.4, 0.5) is 34.1 Å². The van der Waals surface area contributed by atoms with Gasteiger partial charge in [0.25, 0.3) is 6.71 Å². The normalized spacial score (nSPS) is 15.2. The van der Waals surface area contributed by atoms with Crippen molar-refractivity contribution in [2.75, 3.05) is 9.80 Å². The molecule has 0 saturated carbocycles. The molecule has 2 aliphatic heterocycles. The van der Waals surface area contributed by atoms with Crippen molar-refractivity contribution in [1.29, 1.82) is 0 Å². The van der Waals surface area contributed by atoms with E-state index in [-0.39, 0.29) is 65.8 Å². The highest BCUT2D eigenvalue weighted by Gasteiger charge is 2.47. The number of fused-ring (bicyclic) bond motifs is 13. The molecule has 0 aliphatic carbocycles. The minimum Gasteiger partial charge on any atom is -0.310 e. The molecule has 0 atom stereocenters. The lowest BCUT2D eigenvalue weighted by Gasteiger charge is -2.46. The summed E-state index contributed by atoms with van der Waals surface area (Å²) in [5, 5.41) is 1.65. The summed E-state index contributed by atoms with van der Waals surface area (Å²) in [6.45, 7) is 38.9. The van der Waals surface area contributed by atoms with E-state index in [1.54, 1.807) is 9.13 Å². The number of nitrogens with zero attached hydrogens (tertiary/aromatic N) is 6. The topological polar surface area (TPSA) is 34.2 Å². The highest BCUT2D eigenvalue weighted by Crippen LogP contribution is 2.57. The first kappa shape index (κ1) is 59.9. The van der Waals surface area contributed by atoms with Crippen LogP contribution in [0.2, 0.25) is 0 Å². The molecule has 0 fully saturated rings. The van der Waals surface area contributed by atoms with Gasteiger partial charge in [-0.25, -0.2) is 0 Å². The first-order valence-electron chi connectivity index (χ1n) is 49.7. The minimum atomic E-state index is -0.866. The second-order valence-electron chi connectivity index (χ2n) is 38.9. The monoisotopic (exact) mass is 1570 g/mol. The van der Waals surface area contributed by atoms with Gasteiger partial charge in [-0.05, 0) is 204 Å². The summed E-state index contributed by atoms with van der Waals surface area (Å²) in [6, 6.07) is 65.8. The fraction of sp³-hybridized carbons (Fsp3) is 0.212. The van der Waals surface area contributed by atoms with Crippen LogP contribution in [0.5, 0.6) is 0 Å². The van der Waals surface area contributed by atoms with Gasteiger partial charge in [-0.3, -0.25) is 4.98 Å². The second-order valence-corrected chi connectivity index (χ2v) is 38.9. The molecule has 0 saturated heterocycles. The zero-order chi connectivity index (χ0) is 97.1. The standard InChI is InChI=1S/C113H105BN6/c1-108(2,3)74-50-56-97-89(60-74)90-61-75(109(4,5)6)51-57-98(90)117(97)79-53-55-92-100(67-79)120(107-87(72-40-26-21-27-41-72)64-77(111(10,11)12)65-88(107)73-58-103(112(13,14)15)115-104(59-73)113(16,17)18)102-69-80(118-95-48-34-30-44-83(95)84-45-31-35-49-96(84)118)68-101-105(102)114(92)91-54-52-78(116-93-46-32-28-42-81(93)82-43-29-33-47-94(82)116)66-99(91)119(101)106-85(70-36-22-19-23-37-70)62-76(110(7,8)9)63-86(106)71-38-24-20-25-39-71/h19-69H,1-18H3/i28D,29D,30D,31D,32D,33D,34D,35D,42D,43D,44D,45D,46D,47D,48D,49D. The van der Waals surface area contributed by atoms with Gasteiger partial charge in [0.15, 0.2) is 0 Å². The summed E-state index contributed by atoms with van der Waals surface area (Å²) in [7, 11) is 0. The molecule has 0 unspecified atom stereocenters. The molecule has 0 spiro atoms. The molecule has 0 amide bonds. The maximum Gasteiger partial charge on any atom is 0.252 e. The molecule has 7 heteroatoms. The average Bonchev–Trinajstić information content (AvgIpc) is 1.22. The Morgan fingerprint density at radius 1 is 0.258 bits per heavy atom. The first-order chi connectivity index (χ1) is 64.0. The molecule has 14 aromatic carbocycles. The maximum absolute atomic E-state index is 10.5. The van der Waals surface area contributed by atoms with E-state index in [0.717, 1.165) is 122 Å². The van der Waals surface area contributed by atoms with Gasteiger partial charge in [0.05, 0.1) is 72.1 Å². The summed E-state index contributed by atoms with van der Waals surface area (Å²) in [6.07, 6.45) is 0. The molecule has 18 aromatic rings. The number of rotatable bonds is 9. The van der Waals surface area contributed by atoms with Gasteiger partial charge in [-0.1, -0.05) is 312 Å². The third-order valence-corrected chi connectivity index (χ3v) is 24.7. The van der Waals surface area contributed by atoms with Crippen LogP contribution in [0.15, 0.2) is 309 Å². The summed E-state index contributed by atoms with van der Waals surface area (Å²) in [5.41, 5.74) is 18.6. The van der Waals surface area contributed by atoms with Crippen LogP contribution in [-0.2, 0) is 32.5 Å². The summed E-state index contributed by atoms with van der Waals surface area (Å²) < 4.78 is 163. The Labute approximate surface area is 730 Å². The molecular formula is C113H105BN6. The smallest absolute Gasteiger partial charge is 0.252 e. The Morgan fingerprint density at radius 2 is 0.567 bits per heavy atom. The maximum atomic E-state index is 10.5. The van der Waals surface area contributed by atoms with Crippen LogP contribution >= 0.6 is 0 Å². The van der Waals surface area contributed by atoms with E-state index in [0.29, 0.717) is 33.9 Å². The Morgan fingerprint density at radius 3 is 0.900 bits per heavy atom. The molecule has 0 N–H and O–H groups in total. The van der Waals surface area contributed by atoms with Crippen molar-refractivity contribution < 1.29 is 21.9 Å². The number of benzene rings is 14. The number of anilines is 6. The SMILES string of the molecule is [2H]c1c([2H])c([2H])c2c(c1[2H])c1c([2H])c([2H])c([2H])c([2H])c1n2-c1ccc2c(c1)N(c1c(-c3ccccc3)cc(C(C)(C)C)cc1-c1ccccc1)c1cc(-n3c4c([2H])c([2H])c([2H])c([2H])c4c4c([2H])c([2H])c([2H])c([2H])c43)cc3c1B2c1ccc(-n2c4ccc(C(C)(C)C)cc4c4cc(C(C)(C)C)ccc42)cc1N3c1c(-c2ccccc2)cc(C(C)(C)C)cc1-c1cc(C(C)(C)C)nc(C(C)(C)C)c1. The quantitative estimate of drug-likeness (QED) is 0.135. The number of hydrogen-bond acceptors (Lipinski definition) is 3. The van der Waals surface area contributed by atoms with Gasteiger partial charge in [0.2, 0.25) is 0 Å². The number of hydrogen-bond donors (Lipinski definition) is 0. The molecule has 0 bridgehead atoms. The third kappa shape index (κ3) is 12.5. The summed E-state index contributed by atoms with van der Waals surface area (Å²) in [4.78, 5) is 10.2. The number of aromatic nitrogens is 4. The lowest BCUT2D eigenvalue weighted by Crippen LogP contribution is -2.61. The van der Waals surface area contributed by atoms with Gasteiger partial charge in [0.1, 0.15) is 0 Å². The average molecular weight is 1570 g/mol. The van der Waals surface area contributed by atoms with Crippen molar-refractivity contribution in [2.45, 2.75) is 157 Å². The lowest BCUT2D eigenvalue weighted by atomic mass is 9.33. The minimum absolute atomic E-state index is 0.0910. The largest absolute Gasteiger partial charge is 0.310 e. The van der Waals surface area contributed by atoms with Gasteiger partial charge >= 0.3 is 0 Å². The molecule has 590 valence electrons. The summed E-state index contributed by atoms with van der Waals surface area (Å²) in [5.74, 6) is 0. The van der Waals surface area contributed by atoms with Crippen molar-refractivity contribution >= 4 is 123 Å². The van der Waals surface area contributed by atoms with Crippen LogP contribution in [0.1, 0.15) is 180 Å². The molecular weight excluding hydrogens is 1450 g/mol. The fourth-order valence-electron chi connectivity index (χ4n) is 18.2. The van der Waals surface area contributed by atoms with Crippen LogP contribution in [0.25, 0.3) is 127 Å². The third-order valence-electron chi connectivity index (χ3n) is 24.7. The fourth-order valence-corrected chi connectivity index (χ4v) is 18.2. The van der Waals surface area contributed by atoms with Gasteiger partial charge < -0.3 is 23.5 Å². The van der Waals surface area contributed by atoms with Crippen molar-refractivity contribution in [3.05, 3.63) is 343 Å². The van der Waals surface area contributed by atoms with E-state index >= 15 is 0 Å². The highest BCUT2D eigenvalue weighted by molar-refractivity contribution is 7.00. The van der Waals surface area contributed by atoms with Crippen LogP contribution in [-0.4, -0.2) is 25.4 Å². The Bertz CT molecular complexity index is 7920. The van der Waals surface area contributed by atoms with E-state index in [1.165, 1.54) is 0 Å². The van der Waals surface area contributed by atoms with Gasteiger partial charge in [0, 0.05) is 111 Å². The van der Waals surface area contributed by atoms with Gasteiger partial charge in [-0.15, -0.1) is 0 Å². The molecule has 20 rings (SSSR count). The number of para-hydroxylation sites is 4. The molecule has 0 radical (unpaired) electrons. The number of pyridine rings is 1. The first-order valence-corrected chi connectivity index (χ1v) is 41.7. The van der Waals surface area contributed by atoms with E-state index in [4.69, 9.17) is 4.98 Å². The Kier molecular flexibility index (Phi) is 13.7. The van der Waals surface area contributed by atoms with Crippen LogP contribution < -0.4 is 26.2 Å². The van der Waals surface area contributed by atoms with E-state index in [1.807, 2.05) is 72.8 Å². The second kappa shape index (κ2) is 27.4. The zero-order valence-corrected chi connectivity index (χ0v) is 71.5. The van der Waals surface area contributed by atoms with E-state index in [9.17, 15) is 21.9 Å². The lowest BCUT2D eigenvalue weighted by molar-refractivity contribution is 0.531. The molecule has 6 nitrogen and oxygen atoms in total. The van der Waals surface area contributed by atoms with E-state index in [2.05, 4.69) is 279 Å². The Hall–Kier alpha value is -12.7. The summed E-state index contributed by atoms with van der Waals surface area (Å²) >= 11 is 0. The van der Waals surface area contributed by atoms with Crippen molar-refractivity contribution in [2.24, 2.45) is 0 Å². The van der Waals surface area contributed by atoms with Crippen LogP contribution in [0.3, 0.4) is 0 Å². The van der Waals surface area contributed by atoms with Crippen molar-refractivity contribution in [3.63, 3.8) is 0 Å². The molecule has 120 heavy (non-hydrogen) atoms. The van der Waals surface area contributed by atoms with Crippen molar-refractivity contribution in [1.82, 2.24) is 18.7 Å². The molecule has 4 aromatic heterocycles. The van der Waals surface area contributed by atoms with Crippen LogP contribution in [0, 0.1) is 0 Å². The highest BCUT2D eigenvalue weighted by atomic mass is 15.2. The molecule has 6 heterocycles.